The van der Waals surface area contributed by atoms with Crippen molar-refractivity contribution >= 4 is 21.7 Å². The number of nitrogens with one attached hydrogen (secondary N) is 1. The number of pyridine rings is 1. The molecule has 1 aliphatic rings. The van der Waals surface area contributed by atoms with E-state index >= 15 is 0 Å². The first-order chi connectivity index (χ1) is 12.3. The SMILES string of the molecule is O=c1[nH]c2ccccc2c2cc3c(c(-c4ccccc4)c12)CCCC3. The lowest BCUT2D eigenvalue weighted by atomic mass is 9.82. The van der Waals surface area contributed by atoms with Gasteiger partial charge in [0.1, 0.15) is 0 Å². The Morgan fingerprint density at radius 1 is 0.800 bits per heavy atom. The zero-order valence-corrected chi connectivity index (χ0v) is 14.0. The van der Waals surface area contributed by atoms with E-state index in [0.29, 0.717) is 0 Å². The molecular formula is C23H19NO. The van der Waals surface area contributed by atoms with E-state index in [1.165, 1.54) is 24.0 Å². The third kappa shape index (κ3) is 2.21. The second kappa shape index (κ2) is 5.59. The van der Waals surface area contributed by atoms with Crippen molar-refractivity contribution in [3.8, 4) is 11.1 Å². The van der Waals surface area contributed by atoms with Crippen LogP contribution in [0.15, 0.2) is 65.5 Å². The molecule has 2 heteroatoms. The number of aromatic nitrogens is 1. The summed E-state index contributed by atoms with van der Waals surface area (Å²) >= 11 is 0. The zero-order chi connectivity index (χ0) is 16.8. The highest BCUT2D eigenvalue weighted by Gasteiger charge is 2.20. The number of benzene rings is 3. The Labute approximate surface area is 146 Å². The van der Waals surface area contributed by atoms with Gasteiger partial charge in [0, 0.05) is 10.9 Å². The number of aromatic amines is 1. The highest BCUT2D eigenvalue weighted by atomic mass is 16.1. The second-order valence-corrected chi connectivity index (χ2v) is 6.88. The highest BCUT2D eigenvalue weighted by Crippen LogP contribution is 2.38. The number of hydrogen-bond donors (Lipinski definition) is 1. The molecule has 0 bridgehead atoms. The van der Waals surface area contributed by atoms with Crippen LogP contribution in [-0.2, 0) is 12.8 Å². The standard InChI is InChI=1S/C23H19NO/c25-23-22-19(18-12-6-7-13-20(18)24-23)14-16-10-4-5-11-17(16)21(22)15-8-2-1-3-9-15/h1-3,6-9,12-14H,4-5,10-11H2,(H,24,25). The van der Waals surface area contributed by atoms with Crippen molar-refractivity contribution in [3.05, 3.63) is 82.1 Å². The third-order valence-electron chi connectivity index (χ3n) is 5.41. The van der Waals surface area contributed by atoms with Gasteiger partial charge in [-0.15, -0.1) is 0 Å². The molecular weight excluding hydrogens is 306 g/mol. The summed E-state index contributed by atoms with van der Waals surface area (Å²) in [6, 6.07) is 20.8. The lowest BCUT2D eigenvalue weighted by molar-refractivity contribution is 0.688. The number of hydrogen-bond acceptors (Lipinski definition) is 1. The maximum Gasteiger partial charge on any atom is 0.256 e. The largest absolute Gasteiger partial charge is 0.321 e. The molecule has 0 fully saturated rings. The Balaban J connectivity index is 2.03. The summed E-state index contributed by atoms with van der Waals surface area (Å²) < 4.78 is 0. The van der Waals surface area contributed by atoms with E-state index in [-0.39, 0.29) is 5.56 Å². The lowest BCUT2D eigenvalue weighted by Gasteiger charge is -2.22. The summed E-state index contributed by atoms with van der Waals surface area (Å²) in [5.74, 6) is 0. The van der Waals surface area contributed by atoms with Crippen molar-refractivity contribution in [2.24, 2.45) is 0 Å². The average molecular weight is 325 g/mol. The fourth-order valence-corrected chi connectivity index (χ4v) is 4.29. The smallest absolute Gasteiger partial charge is 0.256 e. The number of para-hydroxylation sites is 1. The van der Waals surface area contributed by atoms with Crippen LogP contribution >= 0.6 is 0 Å². The summed E-state index contributed by atoms with van der Waals surface area (Å²) in [6.07, 6.45) is 4.59. The Morgan fingerprint density at radius 2 is 1.56 bits per heavy atom. The molecule has 0 amide bonds. The van der Waals surface area contributed by atoms with Gasteiger partial charge in [-0.1, -0.05) is 48.5 Å². The van der Waals surface area contributed by atoms with Gasteiger partial charge in [-0.25, -0.2) is 0 Å². The molecule has 1 heterocycles. The van der Waals surface area contributed by atoms with E-state index in [1.54, 1.807) is 0 Å². The minimum Gasteiger partial charge on any atom is -0.321 e. The molecule has 0 unspecified atom stereocenters. The van der Waals surface area contributed by atoms with E-state index in [2.05, 4.69) is 41.4 Å². The number of fused-ring (bicyclic) bond motifs is 4. The first-order valence-electron chi connectivity index (χ1n) is 8.98. The molecule has 0 spiro atoms. The van der Waals surface area contributed by atoms with Gasteiger partial charge in [-0.05, 0) is 65.5 Å². The third-order valence-corrected chi connectivity index (χ3v) is 5.41. The predicted octanol–water partition coefficient (Wildman–Crippen LogP) is 5.23. The summed E-state index contributed by atoms with van der Waals surface area (Å²) in [5.41, 5.74) is 5.99. The Hall–Kier alpha value is -2.87. The molecule has 25 heavy (non-hydrogen) atoms. The van der Waals surface area contributed by atoms with Crippen LogP contribution in [0.5, 0.6) is 0 Å². The molecule has 2 nitrogen and oxygen atoms in total. The van der Waals surface area contributed by atoms with E-state index in [0.717, 1.165) is 45.6 Å². The van der Waals surface area contributed by atoms with Crippen LogP contribution in [0.4, 0.5) is 0 Å². The fraction of sp³-hybridized carbons (Fsp3) is 0.174. The van der Waals surface area contributed by atoms with E-state index in [9.17, 15) is 4.79 Å². The monoisotopic (exact) mass is 325 g/mol. The van der Waals surface area contributed by atoms with Gasteiger partial charge in [0.05, 0.1) is 5.39 Å². The molecule has 1 aliphatic carbocycles. The first kappa shape index (κ1) is 14.5. The molecule has 3 aromatic carbocycles. The van der Waals surface area contributed by atoms with Crippen molar-refractivity contribution in [3.63, 3.8) is 0 Å². The molecule has 0 radical (unpaired) electrons. The molecule has 0 saturated heterocycles. The van der Waals surface area contributed by atoms with Gasteiger partial charge in [-0.3, -0.25) is 4.79 Å². The summed E-state index contributed by atoms with van der Waals surface area (Å²) in [6.45, 7) is 0. The van der Waals surface area contributed by atoms with Crippen molar-refractivity contribution in [1.29, 1.82) is 0 Å². The van der Waals surface area contributed by atoms with Gasteiger partial charge in [0.15, 0.2) is 0 Å². The van der Waals surface area contributed by atoms with Crippen LogP contribution in [0.3, 0.4) is 0 Å². The van der Waals surface area contributed by atoms with Crippen LogP contribution in [0.2, 0.25) is 0 Å². The van der Waals surface area contributed by atoms with Crippen LogP contribution in [-0.4, -0.2) is 4.98 Å². The molecule has 1 aromatic heterocycles. The number of aryl methyl sites for hydroxylation is 1. The summed E-state index contributed by atoms with van der Waals surface area (Å²) in [4.78, 5) is 16.1. The summed E-state index contributed by atoms with van der Waals surface area (Å²) in [7, 11) is 0. The first-order valence-corrected chi connectivity index (χ1v) is 8.98. The predicted molar refractivity (Wildman–Crippen MR) is 104 cm³/mol. The van der Waals surface area contributed by atoms with Gasteiger partial charge >= 0.3 is 0 Å². The molecule has 0 saturated carbocycles. The van der Waals surface area contributed by atoms with E-state index in [4.69, 9.17) is 0 Å². The topological polar surface area (TPSA) is 32.9 Å². The zero-order valence-electron chi connectivity index (χ0n) is 14.0. The number of H-pyrrole nitrogens is 1. The Morgan fingerprint density at radius 3 is 2.44 bits per heavy atom. The van der Waals surface area contributed by atoms with Gasteiger partial charge < -0.3 is 4.98 Å². The van der Waals surface area contributed by atoms with Crippen LogP contribution in [0, 0.1) is 0 Å². The van der Waals surface area contributed by atoms with Crippen molar-refractivity contribution in [2.45, 2.75) is 25.7 Å². The normalized spacial score (nSPS) is 13.9. The quantitative estimate of drug-likeness (QED) is 0.478. The average Bonchev–Trinajstić information content (AvgIpc) is 2.67. The molecule has 1 N–H and O–H groups in total. The van der Waals surface area contributed by atoms with Crippen LogP contribution in [0.25, 0.3) is 32.8 Å². The fourth-order valence-electron chi connectivity index (χ4n) is 4.29. The van der Waals surface area contributed by atoms with Crippen molar-refractivity contribution < 1.29 is 0 Å². The Bertz CT molecular complexity index is 1160. The summed E-state index contributed by atoms with van der Waals surface area (Å²) in [5, 5.41) is 3.05. The van der Waals surface area contributed by atoms with Crippen LogP contribution < -0.4 is 5.56 Å². The van der Waals surface area contributed by atoms with Crippen molar-refractivity contribution in [2.75, 3.05) is 0 Å². The second-order valence-electron chi connectivity index (χ2n) is 6.88. The van der Waals surface area contributed by atoms with Gasteiger partial charge in [0.25, 0.3) is 5.56 Å². The maximum absolute atomic E-state index is 13.0. The van der Waals surface area contributed by atoms with Crippen LogP contribution in [0.1, 0.15) is 24.0 Å². The Kier molecular flexibility index (Phi) is 3.24. The molecule has 122 valence electrons. The number of rotatable bonds is 1. The molecule has 0 atom stereocenters. The molecule has 0 aliphatic heterocycles. The van der Waals surface area contributed by atoms with Gasteiger partial charge in [0.2, 0.25) is 0 Å². The maximum atomic E-state index is 13.0. The van der Waals surface area contributed by atoms with E-state index < -0.39 is 0 Å². The molecule has 4 aromatic rings. The minimum atomic E-state index is 0.0147. The molecule has 5 rings (SSSR count). The lowest BCUT2D eigenvalue weighted by Crippen LogP contribution is -2.12. The van der Waals surface area contributed by atoms with Crippen molar-refractivity contribution in [1.82, 2.24) is 4.98 Å². The highest BCUT2D eigenvalue weighted by molar-refractivity contribution is 6.11. The van der Waals surface area contributed by atoms with E-state index in [1.807, 2.05) is 24.3 Å². The van der Waals surface area contributed by atoms with Gasteiger partial charge in [-0.2, -0.15) is 0 Å². The minimum absolute atomic E-state index is 0.0147.